The van der Waals surface area contributed by atoms with Crippen LogP contribution in [0.3, 0.4) is 0 Å². The second kappa shape index (κ2) is 6.12. The fourth-order valence-electron chi connectivity index (χ4n) is 1.30. The molecule has 0 bridgehead atoms. The molecule has 2 heterocycles. The topological polar surface area (TPSA) is 30.1 Å². The molecule has 2 rings (SSSR count). The van der Waals surface area contributed by atoms with Crippen molar-refractivity contribution in [1.29, 1.82) is 0 Å². The lowest BCUT2D eigenvalue weighted by atomic mass is 10.2. The molecule has 2 aromatic heterocycles. The van der Waals surface area contributed by atoms with Crippen LogP contribution in [0.25, 0.3) is 16.1 Å². The number of halogens is 4. The fourth-order valence-corrected chi connectivity index (χ4v) is 2.02. The number of alkyl halides is 3. The Balaban J connectivity index is 0.00000180. The van der Waals surface area contributed by atoms with E-state index in [0.29, 0.717) is 16.3 Å². The molecule has 0 unspecified atom stereocenters. The lowest BCUT2D eigenvalue weighted by Gasteiger charge is -2.05. The van der Waals surface area contributed by atoms with Gasteiger partial charge in [-0.05, 0) is 12.1 Å². The summed E-state index contributed by atoms with van der Waals surface area (Å²) in [5.74, 6) is 0. The van der Waals surface area contributed by atoms with Crippen LogP contribution in [-0.4, -0.2) is 9.97 Å². The number of rotatable bonds is 2. The monoisotopic (exact) mass is 349 g/mol. The highest BCUT2D eigenvalue weighted by atomic mass is 79.9. The van der Waals surface area contributed by atoms with Gasteiger partial charge < -0.3 is 4.85 Å². The standard InChI is InChI=1S/C11H6F3N3S.BrH/c1-15-5-10-17-8(6-18-10)7-2-3-9(16-4-7)11(12,13)14;/h2-4,6H,5H2;1H. The van der Waals surface area contributed by atoms with Gasteiger partial charge in [-0.15, -0.1) is 28.3 Å². The summed E-state index contributed by atoms with van der Waals surface area (Å²) < 4.78 is 37.0. The summed E-state index contributed by atoms with van der Waals surface area (Å²) in [6.07, 6.45) is -3.30. The van der Waals surface area contributed by atoms with Crippen LogP contribution in [0.5, 0.6) is 0 Å². The number of hydrogen-bond acceptors (Lipinski definition) is 3. The maximum absolute atomic E-state index is 12.3. The van der Waals surface area contributed by atoms with E-state index >= 15 is 0 Å². The molecule has 2 aromatic rings. The predicted octanol–water partition coefficient (Wildman–Crippen LogP) is 4.22. The first-order valence-corrected chi connectivity index (χ1v) is 5.70. The Bertz CT molecular complexity index is 586. The van der Waals surface area contributed by atoms with Crippen molar-refractivity contribution in [2.75, 3.05) is 0 Å². The Labute approximate surface area is 121 Å². The molecule has 3 nitrogen and oxygen atoms in total. The molecule has 0 saturated carbocycles. The maximum atomic E-state index is 12.3. The Morgan fingerprint density at radius 3 is 2.58 bits per heavy atom. The lowest BCUT2D eigenvalue weighted by Crippen LogP contribution is -2.07. The third-order valence-corrected chi connectivity index (χ3v) is 2.95. The van der Waals surface area contributed by atoms with Crippen LogP contribution >= 0.6 is 28.3 Å². The number of pyridine rings is 1. The van der Waals surface area contributed by atoms with Crippen molar-refractivity contribution in [2.24, 2.45) is 0 Å². The van der Waals surface area contributed by atoms with Crippen molar-refractivity contribution in [3.8, 4) is 11.3 Å². The van der Waals surface area contributed by atoms with Gasteiger partial charge in [0.25, 0.3) is 6.54 Å². The van der Waals surface area contributed by atoms with Gasteiger partial charge in [0.15, 0.2) is 5.01 Å². The molecular weight excluding hydrogens is 343 g/mol. The van der Waals surface area contributed by atoms with Crippen LogP contribution in [0.4, 0.5) is 13.2 Å². The lowest BCUT2D eigenvalue weighted by molar-refractivity contribution is -0.141. The van der Waals surface area contributed by atoms with Gasteiger partial charge in [0.2, 0.25) is 0 Å². The SMILES string of the molecule is Br.[C-]#[N+]Cc1nc(-c2ccc(C(F)(F)F)nc2)cs1. The molecule has 0 saturated heterocycles. The van der Waals surface area contributed by atoms with Crippen molar-refractivity contribution >= 4 is 28.3 Å². The van der Waals surface area contributed by atoms with Gasteiger partial charge in [0.05, 0.1) is 5.69 Å². The molecule has 0 aliphatic rings. The molecule has 0 aliphatic heterocycles. The highest BCUT2D eigenvalue weighted by molar-refractivity contribution is 8.93. The summed E-state index contributed by atoms with van der Waals surface area (Å²) in [5.41, 5.74) is 0.123. The van der Waals surface area contributed by atoms with Crippen molar-refractivity contribution < 1.29 is 13.2 Å². The molecule has 0 aliphatic carbocycles. The summed E-state index contributed by atoms with van der Waals surface area (Å²) in [6.45, 7) is 6.88. The van der Waals surface area contributed by atoms with Gasteiger partial charge in [0.1, 0.15) is 5.69 Å². The Hall–Kier alpha value is -1.46. The minimum atomic E-state index is -4.43. The van der Waals surface area contributed by atoms with Gasteiger partial charge in [-0.2, -0.15) is 13.2 Å². The quantitative estimate of drug-likeness (QED) is 0.759. The zero-order chi connectivity index (χ0) is 13.2. The minimum Gasteiger partial charge on any atom is -0.309 e. The van der Waals surface area contributed by atoms with Crippen molar-refractivity contribution in [3.63, 3.8) is 0 Å². The molecule has 0 spiro atoms. The largest absolute Gasteiger partial charge is 0.433 e. The molecular formula is C11H7BrF3N3S. The summed E-state index contributed by atoms with van der Waals surface area (Å²) in [7, 11) is 0. The van der Waals surface area contributed by atoms with Crippen LogP contribution < -0.4 is 0 Å². The van der Waals surface area contributed by atoms with Crippen LogP contribution in [-0.2, 0) is 12.7 Å². The van der Waals surface area contributed by atoms with E-state index in [4.69, 9.17) is 6.57 Å². The molecule has 0 aromatic carbocycles. The summed E-state index contributed by atoms with van der Waals surface area (Å²) in [5, 5.41) is 2.34. The van der Waals surface area contributed by atoms with Crippen molar-refractivity contribution in [3.05, 3.63) is 45.8 Å². The van der Waals surface area contributed by atoms with Crippen molar-refractivity contribution in [1.82, 2.24) is 9.97 Å². The van der Waals surface area contributed by atoms with E-state index in [1.165, 1.54) is 17.4 Å². The Morgan fingerprint density at radius 2 is 2.05 bits per heavy atom. The molecule has 0 fully saturated rings. The van der Waals surface area contributed by atoms with E-state index in [-0.39, 0.29) is 23.5 Å². The fraction of sp³-hybridized carbons (Fsp3) is 0.182. The third kappa shape index (κ3) is 3.75. The number of hydrogen-bond donors (Lipinski definition) is 0. The first-order valence-electron chi connectivity index (χ1n) is 4.82. The highest BCUT2D eigenvalue weighted by Crippen LogP contribution is 2.29. The molecule has 8 heteroatoms. The average molecular weight is 350 g/mol. The van der Waals surface area contributed by atoms with Gasteiger partial charge in [0, 0.05) is 17.1 Å². The molecule has 19 heavy (non-hydrogen) atoms. The molecule has 0 N–H and O–H groups in total. The second-order valence-electron chi connectivity index (χ2n) is 3.37. The van der Waals surface area contributed by atoms with E-state index < -0.39 is 11.9 Å². The summed E-state index contributed by atoms with van der Waals surface area (Å²) >= 11 is 1.30. The first-order chi connectivity index (χ1) is 8.50. The molecule has 0 radical (unpaired) electrons. The van der Waals surface area contributed by atoms with E-state index in [1.807, 2.05) is 0 Å². The average Bonchev–Trinajstić information content (AvgIpc) is 2.77. The van der Waals surface area contributed by atoms with Crippen LogP contribution in [0, 0.1) is 6.57 Å². The number of nitrogens with zero attached hydrogens (tertiary/aromatic N) is 3. The zero-order valence-corrected chi connectivity index (χ0v) is 11.8. The summed E-state index contributed by atoms with van der Waals surface area (Å²) in [4.78, 5) is 10.7. The normalized spacial score (nSPS) is 10.6. The van der Waals surface area contributed by atoms with Crippen LogP contribution in [0.1, 0.15) is 10.7 Å². The zero-order valence-electron chi connectivity index (χ0n) is 9.31. The second-order valence-corrected chi connectivity index (χ2v) is 4.32. The van der Waals surface area contributed by atoms with E-state index in [9.17, 15) is 13.2 Å². The maximum Gasteiger partial charge on any atom is 0.433 e. The Kier molecular flexibility index (Phi) is 5.03. The van der Waals surface area contributed by atoms with Gasteiger partial charge in [-0.1, -0.05) is 0 Å². The molecule has 100 valence electrons. The predicted molar refractivity (Wildman–Crippen MR) is 71.0 cm³/mol. The first kappa shape index (κ1) is 15.6. The summed E-state index contributed by atoms with van der Waals surface area (Å²) in [6, 6.07) is 2.25. The smallest absolute Gasteiger partial charge is 0.309 e. The third-order valence-electron chi connectivity index (χ3n) is 2.12. The van der Waals surface area contributed by atoms with Crippen LogP contribution in [0.15, 0.2) is 23.7 Å². The van der Waals surface area contributed by atoms with E-state index in [1.54, 1.807) is 5.38 Å². The van der Waals surface area contributed by atoms with Gasteiger partial charge in [-0.25, -0.2) is 11.6 Å². The Morgan fingerprint density at radius 1 is 1.32 bits per heavy atom. The van der Waals surface area contributed by atoms with E-state index in [2.05, 4.69) is 14.8 Å². The van der Waals surface area contributed by atoms with Crippen molar-refractivity contribution in [2.45, 2.75) is 12.7 Å². The molecule has 0 amide bonds. The minimum absolute atomic E-state index is 0. The highest BCUT2D eigenvalue weighted by Gasteiger charge is 2.32. The van der Waals surface area contributed by atoms with Crippen LogP contribution in [0.2, 0.25) is 0 Å². The van der Waals surface area contributed by atoms with E-state index in [0.717, 1.165) is 12.3 Å². The number of thiazole rings is 1. The van der Waals surface area contributed by atoms with Gasteiger partial charge >= 0.3 is 6.18 Å². The number of aromatic nitrogens is 2. The van der Waals surface area contributed by atoms with Gasteiger partial charge in [-0.3, -0.25) is 4.98 Å². The molecule has 0 atom stereocenters.